The molecule has 1 heterocycles. The van der Waals surface area contributed by atoms with Crippen LogP contribution < -0.4 is 0 Å². The van der Waals surface area contributed by atoms with Gasteiger partial charge in [0.1, 0.15) is 11.6 Å². The number of aromatic nitrogens is 2. The van der Waals surface area contributed by atoms with Gasteiger partial charge in [0.15, 0.2) is 5.15 Å². The van der Waals surface area contributed by atoms with Crippen LogP contribution in [0, 0.1) is 18.3 Å². The summed E-state index contributed by atoms with van der Waals surface area (Å²) in [6.45, 7) is 4.07. The molecule has 92 valence electrons. The molecule has 2 rings (SSSR count). The number of aryl methyl sites for hydroxylation is 2. The molecule has 0 spiro atoms. The van der Waals surface area contributed by atoms with E-state index in [4.69, 9.17) is 16.9 Å². The predicted molar refractivity (Wildman–Crippen MR) is 72.0 cm³/mol. The molecule has 0 radical (unpaired) electrons. The van der Waals surface area contributed by atoms with E-state index in [1.807, 2.05) is 31.2 Å². The molecule has 1 aromatic heterocycles. The fourth-order valence-electron chi connectivity index (χ4n) is 1.89. The summed E-state index contributed by atoms with van der Waals surface area (Å²) >= 11 is 6.23. The Morgan fingerprint density at radius 3 is 2.83 bits per heavy atom. The first kappa shape index (κ1) is 12.7. The second kappa shape index (κ2) is 5.24. The van der Waals surface area contributed by atoms with Gasteiger partial charge in [-0.05, 0) is 31.0 Å². The standard InChI is InChI=1S/C14H14ClN3/c1-3-5-13-12(9-16)14(15)18(17-13)11-7-4-6-10(2)8-11/h4,6-8H,3,5H2,1-2H3. The summed E-state index contributed by atoms with van der Waals surface area (Å²) < 4.78 is 1.64. The normalized spacial score (nSPS) is 10.3. The summed E-state index contributed by atoms with van der Waals surface area (Å²) in [6, 6.07) is 10.0. The third kappa shape index (κ3) is 2.25. The van der Waals surface area contributed by atoms with Gasteiger partial charge in [0.05, 0.1) is 11.4 Å². The average Bonchev–Trinajstić information content (AvgIpc) is 2.66. The van der Waals surface area contributed by atoms with Crippen LogP contribution >= 0.6 is 11.6 Å². The molecule has 0 bridgehead atoms. The molecule has 0 aliphatic rings. The van der Waals surface area contributed by atoms with Crippen LogP contribution in [-0.2, 0) is 6.42 Å². The lowest BCUT2D eigenvalue weighted by Gasteiger charge is -2.03. The number of halogens is 1. The number of nitriles is 1. The Kier molecular flexibility index (Phi) is 3.69. The van der Waals surface area contributed by atoms with Gasteiger partial charge in [-0.25, -0.2) is 4.68 Å². The fourth-order valence-corrected chi connectivity index (χ4v) is 2.18. The summed E-state index contributed by atoms with van der Waals surface area (Å²) in [5, 5.41) is 14.0. The van der Waals surface area contributed by atoms with Crippen LogP contribution in [0.4, 0.5) is 0 Å². The van der Waals surface area contributed by atoms with E-state index in [0.29, 0.717) is 10.7 Å². The maximum Gasteiger partial charge on any atom is 0.150 e. The van der Waals surface area contributed by atoms with Crippen molar-refractivity contribution in [2.24, 2.45) is 0 Å². The maximum absolute atomic E-state index is 9.15. The van der Waals surface area contributed by atoms with E-state index in [9.17, 15) is 0 Å². The number of rotatable bonds is 3. The fraction of sp³-hybridized carbons (Fsp3) is 0.286. The van der Waals surface area contributed by atoms with Gasteiger partial charge in [-0.1, -0.05) is 37.1 Å². The van der Waals surface area contributed by atoms with E-state index >= 15 is 0 Å². The average molecular weight is 260 g/mol. The zero-order chi connectivity index (χ0) is 13.1. The van der Waals surface area contributed by atoms with Crippen molar-refractivity contribution in [2.75, 3.05) is 0 Å². The molecule has 0 aliphatic carbocycles. The molecular weight excluding hydrogens is 246 g/mol. The van der Waals surface area contributed by atoms with E-state index < -0.39 is 0 Å². The van der Waals surface area contributed by atoms with Crippen molar-refractivity contribution in [1.82, 2.24) is 9.78 Å². The Morgan fingerprint density at radius 2 is 2.22 bits per heavy atom. The summed E-state index contributed by atoms with van der Waals surface area (Å²) in [6.07, 6.45) is 1.71. The van der Waals surface area contributed by atoms with E-state index in [-0.39, 0.29) is 0 Å². The van der Waals surface area contributed by atoms with Gasteiger partial charge in [-0.2, -0.15) is 10.4 Å². The molecule has 0 saturated heterocycles. The lowest BCUT2D eigenvalue weighted by molar-refractivity contribution is 0.806. The molecule has 0 atom stereocenters. The molecule has 0 saturated carbocycles. The maximum atomic E-state index is 9.15. The van der Waals surface area contributed by atoms with Crippen molar-refractivity contribution >= 4 is 11.6 Å². The Bertz CT molecular complexity index is 608. The number of nitrogens with zero attached hydrogens (tertiary/aromatic N) is 3. The second-order valence-electron chi connectivity index (χ2n) is 4.23. The number of benzene rings is 1. The molecule has 0 N–H and O–H groups in total. The largest absolute Gasteiger partial charge is 0.221 e. The smallest absolute Gasteiger partial charge is 0.150 e. The van der Waals surface area contributed by atoms with Crippen LogP contribution in [0.2, 0.25) is 5.15 Å². The molecule has 4 heteroatoms. The Hall–Kier alpha value is -1.79. The first-order chi connectivity index (χ1) is 8.67. The minimum Gasteiger partial charge on any atom is -0.221 e. The van der Waals surface area contributed by atoms with Crippen molar-refractivity contribution in [3.05, 3.63) is 46.2 Å². The van der Waals surface area contributed by atoms with Crippen molar-refractivity contribution in [2.45, 2.75) is 26.7 Å². The second-order valence-corrected chi connectivity index (χ2v) is 4.58. The first-order valence-corrected chi connectivity index (χ1v) is 6.29. The number of hydrogen-bond donors (Lipinski definition) is 0. The summed E-state index contributed by atoms with van der Waals surface area (Å²) in [5.74, 6) is 0. The molecule has 1 aromatic carbocycles. The van der Waals surface area contributed by atoms with Crippen LogP contribution in [0.1, 0.15) is 30.2 Å². The van der Waals surface area contributed by atoms with Crippen molar-refractivity contribution in [3.8, 4) is 11.8 Å². The monoisotopic (exact) mass is 259 g/mol. The van der Waals surface area contributed by atoms with Crippen LogP contribution in [0.5, 0.6) is 0 Å². The molecular formula is C14H14ClN3. The van der Waals surface area contributed by atoms with Crippen LogP contribution in [0.25, 0.3) is 5.69 Å². The highest BCUT2D eigenvalue weighted by Crippen LogP contribution is 2.24. The van der Waals surface area contributed by atoms with Crippen LogP contribution in [0.15, 0.2) is 24.3 Å². The third-order valence-electron chi connectivity index (χ3n) is 2.75. The van der Waals surface area contributed by atoms with E-state index in [0.717, 1.165) is 29.8 Å². The topological polar surface area (TPSA) is 41.6 Å². The van der Waals surface area contributed by atoms with Crippen molar-refractivity contribution in [1.29, 1.82) is 5.26 Å². The molecule has 0 aliphatic heterocycles. The SMILES string of the molecule is CCCc1nn(-c2cccc(C)c2)c(Cl)c1C#N. The summed E-state index contributed by atoms with van der Waals surface area (Å²) in [4.78, 5) is 0. The van der Waals surface area contributed by atoms with Gasteiger partial charge in [0.25, 0.3) is 0 Å². The minimum absolute atomic E-state index is 0.395. The van der Waals surface area contributed by atoms with Gasteiger partial charge >= 0.3 is 0 Å². The van der Waals surface area contributed by atoms with Crippen LogP contribution in [-0.4, -0.2) is 9.78 Å². The summed E-state index contributed by atoms with van der Waals surface area (Å²) in [5.41, 5.74) is 3.28. The molecule has 2 aromatic rings. The van der Waals surface area contributed by atoms with Crippen molar-refractivity contribution in [3.63, 3.8) is 0 Å². The molecule has 0 unspecified atom stereocenters. The van der Waals surface area contributed by atoms with Crippen molar-refractivity contribution < 1.29 is 0 Å². The highest BCUT2D eigenvalue weighted by atomic mass is 35.5. The Balaban J connectivity index is 2.56. The van der Waals surface area contributed by atoms with E-state index in [2.05, 4.69) is 18.1 Å². The van der Waals surface area contributed by atoms with Gasteiger partial charge in [0, 0.05) is 0 Å². The lowest BCUT2D eigenvalue weighted by atomic mass is 10.2. The molecule has 18 heavy (non-hydrogen) atoms. The Morgan fingerprint density at radius 1 is 1.44 bits per heavy atom. The van der Waals surface area contributed by atoms with Gasteiger partial charge in [-0.3, -0.25) is 0 Å². The first-order valence-electron chi connectivity index (χ1n) is 5.92. The lowest BCUT2D eigenvalue weighted by Crippen LogP contribution is -1.97. The highest BCUT2D eigenvalue weighted by Gasteiger charge is 2.16. The zero-order valence-electron chi connectivity index (χ0n) is 10.4. The van der Waals surface area contributed by atoms with Gasteiger partial charge < -0.3 is 0 Å². The molecule has 3 nitrogen and oxygen atoms in total. The quantitative estimate of drug-likeness (QED) is 0.844. The predicted octanol–water partition coefficient (Wildman–Crippen LogP) is 3.66. The van der Waals surface area contributed by atoms with Crippen LogP contribution in [0.3, 0.4) is 0 Å². The minimum atomic E-state index is 0.395. The third-order valence-corrected chi connectivity index (χ3v) is 3.10. The van der Waals surface area contributed by atoms with Gasteiger partial charge in [-0.15, -0.1) is 0 Å². The number of hydrogen-bond acceptors (Lipinski definition) is 2. The highest BCUT2D eigenvalue weighted by molar-refractivity contribution is 6.31. The van der Waals surface area contributed by atoms with E-state index in [1.54, 1.807) is 4.68 Å². The van der Waals surface area contributed by atoms with Gasteiger partial charge in [0.2, 0.25) is 0 Å². The van der Waals surface area contributed by atoms with E-state index in [1.165, 1.54) is 0 Å². The molecule has 0 fully saturated rings. The Labute approximate surface area is 112 Å². The molecule has 0 amide bonds. The summed E-state index contributed by atoms with van der Waals surface area (Å²) in [7, 11) is 0. The zero-order valence-corrected chi connectivity index (χ0v) is 11.2.